The Morgan fingerprint density at radius 3 is 2.37 bits per heavy atom. The Morgan fingerprint density at radius 2 is 1.61 bits per heavy atom. The first-order valence-electron chi connectivity index (χ1n) is 15.4. The van der Waals surface area contributed by atoms with Crippen LogP contribution in [0.1, 0.15) is 56.8 Å². The number of amides is 1. The second kappa shape index (κ2) is 11.5. The molecule has 1 spiro atoms. The summed E-state index contributed by atoms with van der Waals surface area (Å²) in [7, 11) is 3.03. The van der Waals surface area contributed by atoms with Crippen molar-refractivity contribution in [1.82, 2.24) is 4.90 Å². The number of rotatable bonds is 9. The van der Waals surface area contributed by atoms with E-state index in [0.717, 1.165) is 17.5 Å². The van der Waals surface area contributed by atoms with E-state index in [1.165, 1.54) is 14.2 Å². The van der Waals surface area contributed by atoms with E-state index in [9.17, 15) is 4.79 Å². The van der Waals surface area contributed by atoms with E-state index in [2.05, 4.69) is 5.32 Å². The minimum atomic E-state index is -1.43. The summed E-state index contributed by atoms with van der Waals surface area (Å²) in [6.45, 7) is 2.58. The number of para-hydroxylation sites is 1. The van der Waals surface area contributed by atoms with Gasteiger partial charge in [-0.3, -0.25) is 14.4 Å². The number of ketones is 2. The Labute approximate surface area is 267 Å². The van der Waals surface area contributed by atoms with Crippen molar-refractivity contribution in [2.45, 2.75) is 30.8 Å². The summed E-state index contributed by atoms with van der Waals surface area (Å²) in [6, 6.07) is 25.6. The lowest BCUT2D eigenvalue weighted by Crippen LogP contribution is -2.49. The highest BCUT2D eigenvalue weighted by Crippen LogP contribution is 2.62. The fraction of sp³-hybridized carbons (Fsp3) is 0.237. The first-order valence-corrected chi connectivity index (χ1v) is 15.4. The van der Waals surface area contributed by atoms with E-state index in [1.54, 1.807) is 42.5 Å². The Bertz CT molecular complexity index is 1880. The third-order valence-electron chi connectivity index (χ3n) is 9.41. The smallest absolute Gasteiger partial charge is 0.238 e. The number of nitrogens with one attached hydrogen (secondary N) is 1. The third-order valence-corrected chi connectivity index (χ3v) is 9.41. The van der Waals surface area contributed by atoms with Gasteiger partial charge in [0, 0.05) is 17.5 Å². The number of fused-ring (bicyclic) bond motifs is 6. The van der Waals surface area contributed by atoms with Crippen molar-refractivity contribution in [3.05, 3.63) is 125 Å². The first kappa shape index (κ1) is 29.3. The quantitative estimate of drug-likeness (QED) is 0.216. The fourth-order valence-electron chi connectivity index (χ4n) is 7.45. The van der Waals surface area contributed by atoms with Crippen LogP contribution in [0.25, 0.3) is 6.08 Å². The molecule has 4 aromatic rings. The number of carbonyl (C=O) groups is 3. The summed E-state index contributed by atoms with van der Waals surface area (Å²) in [5.74, 6) is -0.612. The van der Waals surface area contributed by atoms with Crippen molar-refractivity contribution in [2.24, 2.45) is 5.92 Å². The van der Waals surface area contributed by atoms with Crippen LogP contribution in [0.4, 0.5) is 5.69 Å². The number of hydrogen-bond donors (Lipinski definition) is 1. The predicted molar refractivity (Wildman–Crippen MR) is 175 cm³/mol. The van der Waals surface area contributed by atoms with Crippen LogP contribution < -0.4 is 19.5 Å². The molecule has 1 saturated heterocycles. The van der Waals surface area contributed by atoms with Gasteiger partial charge in [-0.2, -0.15) is 0 Å². The standard InChI is InChI=1S/C38H34N2O6/c1-4-21-46-25-15-13-24(14-16-25)34(41)32-33(35(42)28-22-26(44-2)17-18-31(28)45-3)40-20-19-23-9-5-6-10-27(23)36(40)38(32)29-11-7-8-12-30(29)39-37(38)43/h5-20,22,32-33,36H,4,21H2,1-3H3,(H,39,43)/t32-,33-,36+,38+/m0/s1. The molecule has 0 aliphatic carbocycles. The monoisotopic (exact) mass is 614 g/mol. The van der Waals surface area contributed by atoms with Crippen LogP contribution in [-0.4, -0.2) is 49.2 Å². The molecular weight excluding hydrogens is 580 g/mol. The van der Waals surface area contributed by atoms with Crippen molar-refractivity contribution in [3.8, 4) is 17.2 Å². The maximum atomic E-state index is 15.1. The van der Waals surface area contributed by atoms with E-state index < -0.39 is 23.4 Å². The molecule has 8 nitrogen and oxygen atoms in total. The third kappa shape index (κ3) is 4.31. The number of methoxy groups -OCH3 is 2. The summed E-state index contributed by atoms with van der Waals surface area (Å²) >= 11 is 0. The Balaban J connectivity index is 1.49. The largest absolute Gasteiger partial charge is 0.497 e. The average Bonchev–Trinajstić information content (AvgIpc) is 3.58. The van der Waals surface area contributed by atoms with Crippen LogP contribution in [0.15, 0.2) is 97.2 Å². The highest BCUT2D eigenvalue weighted by atomic mass is 16.5. The Kier molecular flexibility index (Phi) is 7.35. The lowest BCUT2D eigenvalue weighted by Gasteiger charge is -2.38. The molecule has 0 radical (unpaired) electrons. The zero-order valence-corrected chi connectivity index (χ0v) is 25.9. The molecule has 0 aromatic heterocycles. The van der Waals surface area contributed by atoms with Gasteiger partial charge < -0.3 is 24.4 Å². The van der Waals surface area contributed by atoms with Gasteiger partial charge in [-0.15, -0.1) is 0 Å². The summed E-state index contributed by atoms with van der Waals surface area (Å²) in [5.41, 5.74) is 2.34. The normalized spacial score (nSPS) is 22.1. The van der Waals surface area contributed by atoms with Crippen molar-refractivity contribution in [1.29, 1.82) is 0 Å². The summed E-state index contributed by atoms with van der Waals surface area (Å²) in [5, 5.41) is 3.08. The molecule has 3 aliphatic rings. The fourth-order valence-corrected chi connectivity index (χ4v) is 7.45. The van der Waals surface area contributed by atoms with Gasteiger partial charge in [0.15, 0.2) is 11.6 Å². The number of carbonyl (C=O) groups excluding carboxylic acids is 3. The van der Waals surface area contributed by atoms with Gasteiger partial charge in [0.2, 0.25) is 5.91 Å². The highest BCUT2D eigenvalue weighted by Gasteiger charge is 2.70. The predicted octanol–water partition coefficient (Wildman–Crippen LogP) is 6.47. The molecule has 0 unspecified atom stereocenters. The molecular formula is C38H34N2O6. The second-order valence-electron chi connectivity index (χ2n) is 11.8. The van der Waals surface area contributed by atoms with Gasteiger partial charge in [-0.1, -0.05) is 49.4 Å². The molecule has 3 heterocycles. The lowest BCUT2D eigenvalue weighted by molar-refractivity contribution is -0.122. The summed E-state index contributed by atoms with van der Waals surface area (Å²) < 4.78 is 16.9. The molecule has 1 fully saturated rings. The van der Waals surface area contributed by atoms with E-state index in [-0.39, 0.29) is 23.0 Å². The lowest BCUT2D eigenvalue weighted by atomic mass is 9.62. The van der Waals surface area contributed by atoms with Crippen LogP contribution >= 0.6 is 0 Å². The number of Topliss-reactive ketones (excluding diaryl/α,β-unsaturated/α-hetero) is 2. The number of anilines is 1. The molecule has 232 valence electrons. The maximum Gasteiger partial charge on any atom is 0.238 e. The van der Waals surface area contributed by atoms with Crippen molar-refractivity contribution < 1.29 is 28.6 Å². The number of hydrogen-bond acceptors (Lipinski definition) is 7. The Morgan fingerprint density at radius 1 is 0.870 bits per heavy atom. The molecule has 4 aromatic carbocycles. The molecule has 0 bridgehead atoms. The van der Waals surface area contributed by atoms with Gasteiger partial charge in [-0.25, -0.2) is 0 Å². The maximum absolute atomic E-state index is 15.1. The average molecular weight is 615 g/mol. The van der Waals surface area contributed by atoms with Gasteiger partial charge in [0.25, 0.3) is 0 Å². The zero-order valence-electron chi connectivity index (χ0n) is 25.9. The van der Waals surface area contributed by atoms with Crippen LogP contribution in [0, 0.1) is 5.92 Å². The van der Waals surface area contributed by atoms with E-state index in [1.807, 2.05) is 72.6 Å². The van der Waals surface area contributed by atoms with Crippen molar-refractivity contribution in [2.75, 3.05) is 26.1 Å². The highest BCUT2D eigenvalue weighted by molar-refractivity contribution is 6.17. The minimum absolute atomic E-state index is 0.266. The molecule has 4 atom stereocenters. The summed E-state index contributed by atoms with van der Waals surface area (Å²) in [4.78, 5) is 46.7. The molecule has 46 heavy (non-hydrogen) atoms. The van der Waals surface area contributed by atoms with E-state index in [4.69, 9.17) is 14.2 Å². The number of benzene rings is 4. The molecule has 3 aliphatic heterocycles. The topological polar surface area (TPSA) is 94.2 Å². The molecule has 7 rings (SSSR count). The molecule has 1 amide bonds. The summed E-state index contributed by atoms with van der Waals surface area (Å²) in [6.07, 6.45) is 4.64. The van der Waals surface area contributed by atoms with Gasteiger partial charge in [-0.05, 0) is 77.7 Å². The minimum Gasteiger partial charge on any atom is -0.497 e. The SMILES string of the molecule is CCCOc1ccc(C(=O)[C@@H]2[C@@H](C(=O)c3cc(OC)ccc3OC)N3C=Cc4ccccc4[C@@H]3[C@]23C(=O)Nc2ccccc23)cc1. The van der Waals surface area contributed by atoms with Crippen molar-refractivity contribution in [3.63, 3.8) is 0 Å². The van der Waals surface area contributed by atoms with E-state index in [0.29, 0.717) is 40.7 Å². The van der Waals surface area contributed by atoms with Crippen LogP contribution in [-0.2, 0) is 10.2 Å². The van der Waals surface area contributed by atoms with Gasteiger partial charge in [0.05, 0.1) is 38.3 Å². The van der Waals surface area contributed by atoms with Crippen LogP contribution in [0.2, 0.25) is 0 Å². The number of ether oxygens (including phenoxy) is 3. The van der Waals surface area contributed by atoms with Crippen LogP contribution in [0.3, 0.4) is 0 Å². The zero-order chi connectivity index (χ0) is 32.0. The number of nitrogens with zero attached hydrogens (tertiary/aromatic N) is 1. The molecule has 8 heteroatoms. The van der Waals surface area contributed by atoms with Gasteiger partial charge >= 0.3 is 0 Å². The van der Waals surface area contributed by atoms with Crippen LogP contribution in [0.5, 0.6) is 17.2 Å². The van der Waals surface area contributed by atoms with E-state index >= 15 is 9.59 Å². The van der Waals surface area contributed by atoms with Gasteiger partial charge in [0.1, 0.15) is 28.7 Å². The Hall–Kier alpha value is -5.37. The molecule has 1 N–H and O–H groups in total. The second-order valence-corrected chi connectivity index (χ2v) is 11.8. The van der Waals surface area contributed by atoms with Crippen molar-refractivity contribution >= 4 is 29.2 Å². The molecule has 0 saturated carbocycles. The first-order chi connectivity index (χ1) is 22.4.